The van der Waals surface area contributed by atoms with E-state index in [1.807, 2.05) is 0 Å². The van der Waals surface area contributed by atoms with Gasteiger partial charge in [-0.2, -0.15) is 9.97 Å². The molecule has 3 N–H and O–H groups in total. The highest BCUT2D eigenvalue weighted by atomic mass is 32.2. The number of carboxylic acid groups (broad SMARTS) is 1. The van der Waals surface area contributed by atoms with E-state index in [9.17, 15) is 18.0 Å². The Balaban J connectivity index is 2.19. The highest BCUT2D eigenvalue weighted by molar-refractivity contribution is 7.92. The number of methoxy groups -OCH3 is 2. The van der Waals surface area contributed by atoms with Gasteiger partial charge in [0.2, 0.25) is 5.95 Å². The van der Waals surface area contributed by atoms with Crippen LogP contribution in [0.2, 0.25) is 0 Å². The van der Waals surface area contributed by atoms with Gasteiger partial charge >= 0.3 is 24.0 Å². The second kappa shape index (κ2) is 7.27. The largest absolute Gasteiger partial charge is 0.478 e. The fourth-order valence-electron chi connectivity index (χ4n) is 1.53. The molecule has 0 aliphatic rings. The molecule has 0 saturated carbocycles. The number of sulfonamides is 1. The van der Waals surface area contributed by atoms with Crippen LogP contribution in [-0.2, 0) is 10.0 Å². The van der Waals surface area contributed by atoms with Crippen molar-refractivity contribution in [2.24, 2.45) is 0 Å². The standard InChI is InChI=1S/C11H11N5O7S2/c1-22-10-13-8(14-11(15-10)23-2)12-9(19)16-25(20,21)7-5(6(17)18)3-4-24-7/h3-4H,1-2H3,(H,17,18)(H2,12,13,14,15,16,19). The lowest BCUT2D eigenvalue weighted by Crippen LogP contribution is -2.35. The van der Waals surface area contributed by atoms with Crippen molar-refractivity contribution in [3.63, 3.8) is 0 Å². The summed E-state index contributed by atoms with van der Waals surface area (Å²) < 4.78 is 35.0. The lowest BCUT2D eigenvalue weighted by Gasteiger charge is -2.08. The molecule has 0 aliphatic carbocycles. The van der Waals surface area contributed by atoms with Gasteiger partial charge in [-0.1, -0.05) is 0 Å². The Morgan fingerprint density at radius 2 is 1.76 bits per heavy atom. The number of ether oxygens (including phenoxy) is 2. The minimum absolute atomic E-state index is 0.170. The summed E-state index contributed by atoms with van der Waals surface area (Å²) in [5, 5.41) is 12.3. The smallest absolute Gasteiger partial charge is 0.337 e. The van der Waals surface area contributed by atoms with Gasteiger partial charge in [0.1, 0.15) is 0 Å². The lowest BCUT2D eigenvalue weighted by molar-refractivity contribution is 0.0693. The summed E-state index contributed by atoms with van der Waals surface area (Å²) >= 11 is 0.653. The maximum Gasteiger partial charge on any atom is 0.337 e. The average molecular weight is 389 g/mol. The molecule has 2 rings (SSSR count). The molecule has 134 valence electrons. The molecule has 0 radical (unpaired) electrons. The van der Waals surface area contributed by atoms with Crippen LogP contribution in [0.4, 0.5) is 10.7 Å². The zero-order valence-corrected chi connectivity index (χ0v) is 14.3. The van der Waals surface area contributed by atoms with Crippen molar-refractivity contribution >= 4 is 39.3 Å². The van der Waals surface area contributed by atoms with Crippen LogP contribution in [0, 0.1) is 0 Å². The van der Waals surface area contributed by atoms with Crippen LogP contribution >= 0.6 is 11.3 Å². The maximum atomic E-state index is 12.1. The second-order valence-electron chi connectivity index (χ2n) is 4.12. The van der Waals surface area contributed by atoms with Crippen molar-refractivity contribution in [1.29, 1.82) is 0 Å². The summed E-state index contributed by atoms with van der Waals surface area (Å²) in [6, 6.07) is -0.436. The number of rotatable bonds is 6. The molecule has 2 amide bonds. The molecular formula is C11H11N5O7S2. The molecular weight excluding hydrogens is 378 g/mol. The topological polar surface area (TPSA) is 170 Å². The Morgan fingerprint density at radius 3 is 2.28 bits per heavy atom. The molecule has 25 heavy (non-hydrogen) atoms. The molecule has 0 unspecified atom stereocenters. The Morgan fingerprint density at radius 1 is 1.16 bits per heavy atom. The van der Waals surface area contributed by atoms with Crippen molar-refractivity contribution in [2.75, 3.05) is 19.5 Å². The van der Waals surface area contributed by atoms with Crippen LogP contribution in [0.25, 0.3) is 0 Å². The van der Waals surface area contributed by atoms with Crippen molar-refractivity contribution in [2.45, 2.75) is 4.21 Å². The van der Waals surface area contributed by atoms with Gasteiger partial charge in [-0.05, 0) is 11.4 Å². The molecule has 0 atom stereocenters. The number of aromatic carboxylic acids is 1. The number of hydrogen-bond acceptors (Lipinski definition) is 10. The van der Waals surface area contributed by atoms with Crippen LogP contribution in [0.3, 0.4) is 0 Å². The second-order valence-corrected chi connectivity index (χ2v) is 6.91. The summed E-state index contributed by atoms with van der Waals surface area (Å²) in [4.78, 5) is 34.0. The predicted molar refractivity (Wildman–Crippen MR) is 83.5 cm³/mol. The Labute approximate surface area is 144 Å². The van der Waals surface area contributed by atoms with Crippen LogP contribution in [0.5, 0.6) is 12.0 Å². The number of carbonyl (C=O) groups excluding carboxylic acids is 1. The summed E-state index contributed by atoms with van der Waals surface area (Å²) in [6.45, 7) is 0. The van der Waals surface area contributed by atoms with E-state index in [4.69, 9.17) is 14.6 Å². The number of carbonyl (C=O) groups is 2. The van der Waals surface area contributed by atoms with Crippen LogP contribution in [0.15, 0.2) is 15.7 Å². The molecule has 0 saturated heterocycles. The third kappa shape index (κ3) is 4.30. The van der Waals surface area contributed by atoms with E-state index in [0.29, 0.717) is 11.3 Å². The molecule has 0 aromatic carbocycles. The van der Waals surface area contributed by atoms with Gasteiger partial charge < -0.3 is 14.6 Å². The number of nitrogens with zero attached hydrogens (tertiary/aromatic N) is 3. The minimum atomic E-state index is -4.40. The molecule has 0 fully saturated rings. The van der Waals surface area contributed by atoms with Gasteiger partial charge in [0.25, 0.3) is 10.0 Å². The van der Waals surface area contributed by atoms with E-state index in [0.717, 1.165) is 6.07 Å². The van der Waals surface area contributed by atoms with Crippen LogP contribution in [0.1, 0.15) is 10.4 Å². The molecule has 0 bridgehead atoms. The van der Waals surface area contributed by atoms with Crippen molar-refractivity contribution in [3.8, 4) is 12.0 Å². The van der Waals surface area contributed by atoms with Gasteiger partial charge in [-0.3, -0.25) is 5.32 Å². The van der Waals surface area contributed by atoms with Gasteiger partial charge in [0.15, 0.2) is 4.21 Å². The Bertz CT molecular complexity index is 889. The van der Waals surface area contributed by atoms with E-state index < -0.39 is 31.8 Å². The molecule has 0 aliphatic heterocycles. The van der Waals surface area contributed by atoms with E-state index in [1.54, 1.807) is 4.72 Å². The summed E-state index contributed by atoms with van der Waals surface area (Å²) in [5.74, 6) is -1.77. The number of thiophene rings is 1. The first-order valence-corrected chi connectivity index (χ1v) is 8.61. The van der Waals surface area contributed by atoms with Gasteiger partial charge in [-0.25, -0.2) is 22.7 Å². The number of nitrogens with one attached hydrogen (secondary N) is 2. The predicted octanol–water partition coefficient (Wildman–Crippen LogP) is 0.159. The van der Waals surface area contributed by atoms with E-state index >= 15 is 0 Å². The molecule has 2 heterocycles. The number of amides is 2. The molecule has 12 nitrogen and oxygen atoms in total. The maximum absolute atomic E-state index is 12.1. The Kier molecular flexibility index (Phi) is 5.33. The quantitative estimate of drug-likeness (QED) is 0.618. The first-order valence-electron chi connectivity index (χ1n) is 6.25. The van der Waals surface area contributed by atoms with Gasteiger partial charge in [0, 0.05) is 0 Å². The fourth-order valence-corrected chi connectivity index (χ4v) is 3.78. The number of carboxylic acids is 1. The van der Waals surface area contributed by atoms with Crippen molar-refractivity contribution in [1.82, 2.24) is 19.7 Å². The zero-order valence-electron chi connectivity index (χ0n) is 12.7. The van der Waals surface area contributed by atoms with Gasteiger partial charge in [-0.15, -0.1) is 16.3 Å². The van der Waals surface area contributed by atoms with Gasteiger partial charge in [0.05, 0.1) is 19.8 Å². The number of anilines is 1. The van der Waals surface area contributed by atoms with E-state index in [1.165, 1.54) is 19.6 Å². The Hall–Kier alpha value is -3.00. The van der Waals surface area contributed by atoms with Crippen molar-refractivity contribution < 1.29 is 32.6 Å². The lowest BCUT2D eigenvalue weighted by atomic mass is 10.4. The normalized spacial score (nSPS) is 10.8. The molecule has 2 aromatic heterocycles. The number of aromatic nitrogens is 3. The highest BCUT2D eigenvalue weighted by Crippen LogP contribution is 2.22. The summed E-state index contributed by atoms with van der Waals surface area (Å²) in [6.07, 6.45) is 0. The summed E-state index contributed by atoms with van der Waals surface area (Å²) in [5.41, 5.74) is -0.450. The molecule has 2 aromatic rings. The van der Waals surface area contributed by atoms with Crippen molar-refractivity contribution in [3.05, 3.63) is 17.0 Å². The summed E-state index contributed by atoms with van der Waals surface area (Å²) in [7, 11) is -1.86. The number of urea groups is 1. The number of hydrogen-bond donors (Lipinski definition) is 3. The van der Waals surface area contributed by atoms with Crippen LogP contribution in [-0.4, -0.2) is 54.7 Å². The van der Waals surface area contributed by atoms with Crippen LogP contribution < -0.4 is 19.5 Å². The highest BCUT2D eigenvalue weighted by Gasteiger charge is 2.26. The zero-order chi connectivity index (χ0) is 18.6. The molecule has 14 heteroatoms. The first kappa shape index (κ1) is 18.3. The van der Waals surface area contributed by atoms with E-state index in [2.05, 4.69) is 20.3 Å². The monoisotopic (exact) mass is 389 g/mol. The molecule has 0 spiro atoms. The van der Waals surface area contributed by atoms with E-state index in [-0.39, 0.29) is 18.0 Å². The first-order chi connectivity index (χ1) is 11.8. The third-order valence-corrected chi connectivity index (χ3v) is 5.33. The SMILES string of the molecule is COc1nc(NC(=O)NS(=O)(=O)c2sccc2C(=O)O)nc(OC)n1. The minimum Gasteiger partial charge on any atom is -0.478 e. The fraction of sp³-hybridized carbons (Fsp3) is 0.182. The average Bonchev–Trinajstić information content (AvgIpc) is 3.04. The third-order valence-electron chi connectivity index (χ3n) is 2.52.